The summed E-state index contributed by atoms with van der Waals surface area (Å²) in [7, 11) is -2.40. The van der Waals surface area contributed by atoms with E-state index in [1.54, 1.807) is 0 Å². The van der Waals surface area contributed by atoms with Gasteiger partial charge in [0.05, 0.1) is 0 Å². The summed E-state index contributed by atoms with van der Waals surface area (Å²) in [5.74, 6) is 2.10. The van der Waals surface area contributed by atoms with Crippen molar-refractivity contribution in [3.63, 3.8) is 0 Å². The van der Waals surface area contributed by atoms with Crippen molar-refractivity contribution in [2.24, 2.45) is 17.8 Å². The Bertz CT molecular complexity index is 265. The van der Waals surface area contributed by atoms with E-state index in [0.717, 1.165) is 18.1 Å². The van der Waals surface area contributed by atoms with Crippen LogP contribution in [0.5, 0.6) is 0 Å². The molecular formula is C24H51LiOSi. The molecule has 0 N–H and O–H groups in total. The molecule has 0 heterocycles. The molecule has 0 aromatic rings. The van der Waals surface area contributed by atoms with Gasteiger partial charge in [-0.2, -0.15) is 0 Å². The van der Waals surface area contributed by atoms with Crippen molar-refractivity contribution in [1.82, 2.24) is 0 Å². The van der Waals surface area contributed by atoms with Crippen molar-refractivity contribution >= 4 is 8.32 Å². The Labute approximate surface area is 186 Å². The average molecular weight is 391 g/mol. The Kier molecular flexibility index (Phi) is 20.8. The first kappa shape index (κ1) is 30.0. The minimum absolute atomic E-state index is 0. The molecule has 0 fully saturated rings. The largest absolute Gasteiger partial charge is 1.00 e. The SMILES string of the molecule is CCCCC(CC)C[Si]([O-])(CC(CC)CCCC)CC(CC)CCCC.[Li+]. The molecule has 0 aromatic carbocycles. The van der Waals surface area contributed by atoms with Crippen molar-refractivity contribution in [1.29, 1.82) is 0 Å². The van der Waals surface area contributed by atoms with Crippen LogP contribution in [0.3, 0.4) is 0 Å². The van der Waals surface area contributed by atoms with E-state index in [1.807, 2.05) is 0 Å². The van der Waals surface area contributed by atoms with Crippen LogP contribution < -0.4 is 23.7 Å². The second kappa shape index (κ2) is 18.8. The van der Waals surface area contributed by atoms with Gasteiger partial charge in [0.1, 0.15) is 0 Å². The molecule has 3 unspecified atom stereocenters. The fraction of sp³-hybridized carbons (Fsp3) is 1.00. The molecule has 1 nitrogen and oxygen atoms in total. The standard InChI is InChI=1S/C24H51OSi.Li/c1-7-13-16-22(10-4)19-26(25,20-23(11-5)17-14-8-2)21-24(12-6)18-15-9-3;/h22-24H,7-21H2,1-6H3;/q-1;+1. The van der Waals surface area contributed by atoms with E-state index in [0.29, 0.717) is 17.8 Å². The maximum Gasteiger partial charge on any atom is 1.00 e. The summed E-state index contributed by atoms with van der Waals surface area (Å²) in [6, 6.07) is 3.19. The molecule has 158 valence electrons. The molecule has 0 saturated carbocycles. The fourth-order valence-corrected chi connectivity index (χ4v) is 9.79. The van der Waals surface area contributed by atoms with Crippen LogP contribution in [-0.2, 0) is 0 Å². The molecule has 3 atom stereocenters. The zero-order valence-electron chi connectivity index (χ0n) is 20.2. The minimum atomic E-state index is -2.40. The Morgan fingerprint density at radius 3 is 1.00 bits per heavy atom. The van der Waals surface area contributed by atoms with Crippen molar-refractivity contribution in [2.45, 2.75) is 137 Å². The molecule has 0 aliphatic heterocycles. The van der Waals surface area contributed by atoms with Crippen LogP contribution in [-0.4, -0.2) is 8.32 Å². The Hall–Kier alpha value is 0.774. The summed E-state index contributed by atoms with van der Waals surface area (Å²) in [5, 5.41) is 0. The predicted octanol–water partition coefficient (Wildman–Crippen LogP) is 4.95. The molecule has 0 bridgehead atoms. The summed E-state index contributed by atoms with van der Waals surface area (Å²) in [5.41, 5.74) is 0. The molecule has 27 heavy (non-hydrogen) atoms. The van der Waals surface area contributed by atoms with E-state index >= 15 is 0 Å². The first-order chi connectivity index (χ1) is 12.5. The predicted molar refractivity (Wildman–Crippen MR) is 120 cm³/mol. The maximum absolute atomic E-state index is 14.2. The van der Waals surface area contributed by atoms with E-state index in [1.165, 1.54) is 77.0 Å². The summed E-state index contributed by atoms with van der Waals surface area (Å²) >= 11 is 0. The molecule has 0 aromatic heterocycles. The second-order valence-corrected chi connectivity index (χ2v) is 12.6. The molecule has 0 aliphatic rings. The molecule has 0 aliphatic carbocycles. The number of rotatable bonds is 18. The van der Waals surface area contributed by atoms with Gasteiger partial charge in [-0.3, -0.25) is 0 Å². The third kappa shape index (κ3) is 14.4. The van der Waals surface area contributed by atoms with Gasteiger partial charge in [-0.25, -0.2) is 0 Å². The number of unbranched alkanes of at least 4 members (excludes halogenated alkanes) is 3. The number of hydrogen-bond acceptors (Lipinski definition) is 1. The van der Waals surface area contributed by atoms with Crippen molar-refractivity contribution in [2.75, 3.05) is 0 Å². The smallest absolute Gasteiger partial charge is 0.858 e. The molecule has 0 radical (unpaired) electrons. The average Bonchev–Trinajstić information content (AvgIpc) is 2.65. The van der Waals surface area contributed by atoms with Crippen molar-refractivity contribution < 1.29 is 23.7 Å². The summed E-state index contributed by atoms with van der Waals surface area (Å²) in [6.45, 7) is 13.8. The van der Waals surface area contributed by atoms with Gasteiger partial charge in [-0.05, 0) is 26.1 Å². The molecule has 0 amide bonds. The summed E-state index contributed by atoms with van der Waals surface area (Å²) < 4.78 is 0. The van der Waals surface area contributed by atoms with E-state index in [2.05, 4.69) is 41.5 Å². The van der Waals surface area contributed by atoms with Gasteiger partial charge in [-0.1, -0.05) is 137 Å². The van der Waals surface area contributed by atoms with Gasteiger partial charge in [0.25, 0.3) is 0 Å². The molecule has 0 rings (SSSR count). The summed E-state index contributed by atoms with van der Waals surface area (Å²) in [6.07, 6.45) is 15.3. The minimum Gasteiger partial charge on any atom is -0.858 e. The third-order valence-electron chi connectivity index (χ3n) is 6.61. The van der Waals surface area contributed by atoms with E-state index in [9.17, 15) is 4.80 Å². The quantitative estimate of drug-likeness (QED) is 0.304. The van der Waals surface area contributed by atoms with E-state index in [-0.39, 0.29) is 18.9 Å². The molecule has 0 spiro atoms. The van der Waals surface area contributed by atoms with Crippen LogP contribution >= 0.6 is 0 Å². The Balaban J connectivity index is 0. The molecule has 0 saturated heterocycles. The fourth-order valence-electron chi connectivity index (χ4n) is 4.66. The normalized spacial score (nSPS) is 17.0. The van der Waals surface area contributed by atoms with E-state index in [4.69, 9.17) is 0 Å². The van der Waals surface area contributed by atoms with Gasteiger partial charge in [0.15, 0.2) is 0 Å². The molecule has 3 heteroatoms. The monoisotopic (exact) mass is 390 g/mol. The van der Waals surface area contributed by atoms with Gasteiger partial charge in [0.2, 0.25) is 0 Å². The van der Waals surface area contributed by atoms with Gasteiger partial charge in [-0.15, -0.1) is 0 Å². The van der Waals surface area contributed by atoms with Crippen LogP contribution in [0, 0.1) is 17.8 Å². The molecular weight excluding hydrogens is 339 g/mol. The van der Waals surface area contributed by atoms with Crippen LogP contribution in [0.25, 0.3) is 0 Å². The first-order valence-corrected chi connectivity index (χ1v) is 14.7. The topological polar surface area (TPSA) is 23.1 Å². The second-order valence-electron chi connectivity index (χ2n) is 9.04. The summed E-state index contributed by atoms with van der Waals surface area (Å²) in [4.78, 5) is 14.2. The van der Waals surface area contributed by atoms with Gasteiger partial charge >= 0.3 is 18.9 Å². The third-order valence-corrected chi connectivity index (χ3v) is 10.6. The van der Waals surface area contributed by atoms with Crippen LogP contribution in [0.1, 0.15) is 119 Å². The van der Waals surface area contributed by atoms with Gasteiger partial charge < -0.3 is 4.80 Å². The Morgan fingerprint density at radius 2 is 0.815 bits per heavy atom. The van der Waals surface area contributed by atoms with E-state index < -0.39 is 8.32 Å². The van der Waals surface area contributed by atoms with Crippen LogP contribution in [0.15, 0.2) is 0 Å². The first-order valence-electron chi connectivity index (χ1n) is 12.2. The Morgan fingerprint density at radius 1 is 0.556 bits per heavy atom. The van der Waals surface area contributed by atoms with Crippen molar-refractivity contribution in [3.8, 4) is 0 Å². The van der Waals surface area contributed by atoms with Gasteiger partial charge in [0, 0.05) is 0 Å². The zero-order chi connectivity index (χ0) is 19.8. The number of hydrogen-bond donors (Lipinski definition) is 0. The zero-order valence-corrected chi connectivity index (χ0v) is 21.2. The van der Waals surface area contributed by atoms with Crippen LogP contribution in [0.4, 0.5) is 0 Å². The van der Waals surface area contributed by atoms with Crippen molar-refractivity contribution in [3.05, 3.63) is 0 Å². The van der Waals surface area contributed by atoms with Crippen LogP contribution in [0.2, 0.25) is 18.1 Å². The maximum atomic E-state index is 14.2.